The van der Waals surface area contributed by atoms with Gasteiger partial charge >= 0.3 is 0 Å². The first-order chi connectivity index (χ1) is 10.7. The predicted molar refractivity (Wildman–Crippen MR) is 90.4 cm³/mol. The molecular weight excluding hydrogens is 276 g/mol. The third-order valence-corrected chi connectivity index (χ3v) is 3.35. The van der Waals surface area contributed by atoms with E-state index in [9.17, 15) is 0 Å². The minimum Gasteiger partial charge on any atom is -0.393 e. The highest BCUT2D eigenvalue weighted by atomic mass is 15.1. The summed E-state index contributed by atoms with van der Waals surface area (Å²) in [6.07, 6.45) is 1.49. The summed E-state index contributed by atoms with van der Waals surface area (Å²) in [5, 5.41) is 7.42. The Morgan fingerprint density at radius 3 is 2.73 bits per heavy atom. The molecule has 0 bridgehead atoms. The molecule has 0 atom stereocenters. The number of rotatable bonds is 4. The van der Waals surface area contributed by atoms with E-state index in [-0.39, 0.29) is 0 Å². The van der Waals surface area contributed by atoms with Crippen LogP contribution in [0.25, 0.3) is 10.9 Å². The van der Waals surface area contributed by atoms with Crippen molar-refractivity contribution in [2.45, 2.75) is 13.8 Å². The third kappa shape index (κ3) is 2.63. The van der Waals surface area contributed by atoms with Crippen molar-refractivity contribution in [1.29, 1.82) is 0 Å². The first-order valence-corrected chi connectivity index (χ1v) is 7.16. The van der Waals surface area contributed by atoms with Crippen LogP contribution in [0, 0.1) is 6.92 Å². The van der Waals surface area contributed by atoms with Gasteiger partial charge in [0.05, 0.1) is 5.52 Å². The highest BCUT2D eigenvalue weighted by Crippen LogP contribution is 2.29. The number of aryl methyl sites for hydroxylation is 1. The summed E-state index contributed by atoms with van der Waals surface area (Å²) in [6, 6.07) is 9.96. The van der Waals surface area contributed by atoms with E-state index < -0.39 is 0 Å². The number of anilines is 4. The molecule has 0 spiro atoms. The number of pyridine rings is 1. The lowest BCUT2D eigenvalue weighted by Gasteiger charge is -2.13. The number of nitrogens with two attached hydrogens (primary N) is 1. The number of hydrogen-bond donors (Lipinski definition) is 3. The highest BCUT2D eigenvalue weighted by molar-refractivity contribution is 5.94. The van der Waals surface area contributed by atoms with Gasteiger partial charge in [-0.15, -0.1) is 0 Å². The molecule has 22 heavy (non-hydrogen) atoms. The molecule has 0 saturated heterocycles. The molecule has 3 aromatic rings. The molecule has 0 amide bonds. The van der Waals surface area contributed by atoms with Crippen LogP contribution in [0.4, 0.5) is 23.0 Å². The second-order valence-electron chi connectivity index (χ2n) is 4.96. The molecule has 4 N–H and O–H groups in total. The summed E-state index contributed by atoms with van der Waals surface area (Å²) in [5.41, 5.74) is 9.46. The Labute approximate surface area is 128 Å². The summed E-state index contributed by atoms with van der Waals surface area (Å²) in [4.78, 5) is 12.9. The monoisotopic (exact) mass is 294 g/mol. The minimum atomic E-state index is 0.501. The molecule has 0 unspecified atom stereocenters. The van der Waals surface area contributed by atoms with Crippen molar-refractivity contribution in [3.63, 3.8) is 0 Å². The van der Waals surface area contributed by atoms with Gasteiger partial charge in [-0.25, -0.2) is 9.97 Å². The fourth-order valence-electron chi connectivity index (χ4n) is 2.30. The van der Waals surface area contributed by atoms with Crippen molar-refractivity contribution in [3.05, 3.63) is 42.4 Å². The van der Waals surface area contributed by atoms with Crippen molar-refractivity contribution < 1.29 is 0 Å². The maximum Gasteiger partial charge on any atom is 0.159 e. The van der Waals surface area contributed by atoms with E-state index in [1.54, 1.807) is 0 Å². The fraction of sp³-hybridized carbons (Fsp3) is 0.188. The Kier molecular flexibility index (Phi) is 3.74. The van der Waals surface area contributed by atoms with Crippen LogP contribution >= 0.6 is 0 Å². The zero-order valence-electron chi connectivity index (χ0n) is 12.6. The number of nitrogens with zero attached hydrogens (tertiary/aromatic N) is 3. The number of benzene rings is 1. The number of fused-ring (bicyclic) bond motifs is 1. The van der Waals surface area contributed by atoms with Crippen LogP contribution in [0.2, 0.25) is 0 Å². The van der Waals surface area contributed by atoms with Crippen LogP contribution in [-0.2, 0) is 0 Å². The lowest BCUT2D eigenvalue weighted by atomic mass is 10.1. The first kappa shape index (κ1) is 14.1. The molecule has 1 aromatic carbocycles. The average Bonchev–Trinajstić information content (AvgIpc) is 2.51. The van der Waals surface area contributed by atoms with Gasteiger partial charge in [-0.05, 0) is 38.1 Å². The van der Waals surface area contributed by atoms with Gasteiger partial charge in [0.15, 0.2) is 11.6 Å². The van der Waals surface area contributed by atoms with Gasteiger partial charge < -0.3 is 16.4 Å². The summed E-state index contributed by atoms with van der Waals surface area (Å²) >= 11 is 0. The molecule has 0 radical (unpaired) electrons. The maximum atomic E-state index is 6.12. The largest absolute Gasteiger partial charge is 0.393 e. The van der Waals surface area contributed by atoms with Crippen molar-refractivity contribution in [2.24, 2.45) is 0 Å². The van der Waals surface area contributed by atoms with Crippen LogP contribution in [0.5, 0.6) is 0 Å². The lowest BCUT2D eigenvalue weighted by Crippen LogP contribution is -2.07. The third-order valence-electron chi connectivity index (χ3n) is 3.35. The van der Waals surface area contributed by atoms with E-state index in [0.717, 1.165) is 28.8 Å². The maximum absolute atomic E-state index is 6.12. The quantitative estimate of drug-likeness (QED) is 0.685. The van der Waals surface area contributed by atoms with Gasteiger partial charge in [-0.1, -0.05) is 6.07 Å². The SMILES string of the molecule is CCNc1ncnc(Nc2cccc3nc(C)ccc23)c1N. The Hall–Kier alpha value is -2.89. The minimum absolute atomic E-state index is 0.501. The van der Waals surface area contributed by atoms with E-state index in [0.29, 0.717) is 17.3 Å². The van der Waals surface area contributed by atoms with E-state index in [1.165, 1.54) is 6.33 Å². The zero-order valence-corrected chi connectivity index (χ0v) is 12.6. The Bertz CT molecular complexity index is 815. The summed E-state index contributed by atoms with van der Waals surface area (Å²) in [7, 11) is 0. The molecule has 2 aromatic heterocycles. The number of hydrogen-bond acceptors (Lipinski definition) is 6. The van der Waals surface area contributed by atoms with Crippen molar-refractivity contribution in [3.8, 4) is 0 Å². The summed E-state index contributed by atoms with van der Waals surface area (Å²) in [5.74, 6) is 1.22. The van der Waals surface area contributed by atoms with E-state index in [1.807, 2.05) is 44.2 Å². The predicted octanol–water partition coefficient (Wildman–Crippen LogP) is 3.09. The number of nitrogen functional groups attached to an aromatic ring is 1. The average molecular weight is 294 g/mol. The lowest BCUT2D eigenvalue weighted by molar-refractivity contribution is 1.12. The van der Waals surface area contributed by atoms with Gasteiger partial charge in [-0.3, -0.25) is 4.98 Å². The van der Waals surface area contributed by atoms with E-state index >= 15 is 0 Å². The van der Waals surface area contributed by atoms with Crippen LogP contribution in [-0.4, -0.2) is 21.5 Å². The van der Waals surface area contributed by atoms with Gasteiger partial charge in [0.2, 0.25) is 0 Å². The van der Waals surface area contributed by atoms with Gasteiger partial charge in [0.25, 0.3) is 0 Å². The second-order valence-corrected chi connectivity index (χ2v) is 4.96. The van der Waals surface area contributed by atoms with Gasteiger partial charge in [0, 0.05) is 23.3 Å². The van der Waals surface area contributed by atoms with Gasteiger partial charge in [-0.2, -0.15) is 0 Å². The van der Waals surface area contributed by atoms with Crippen LogP contribution in [0.15, 0.2) is 36.7 Å². The molecule has 3 rings (SSSR count). The molecule has 0 aliphatic carbocycles. The molecule has 6 heteroatoms. The van der Waals surface area contributed by atoms with Gasteiger partial charge in [0.1, 0.15) is 12.0 Å². The molecule has 0 saturated carbocycles. The number of nitrogens with one attached hydrogen (secondary N) is 2. The van der Waals surface area contributed by atoms with Crippen molar-refractivity contribution in [1.82, 2.24) is 15.0 Å². The zero-order chi connectivity index (χ0) is 15.5. The highest BCUT2D eigenvalue weighted by Gasteiger charge is 2.09. The Balaban J connectivity index is 2.02. The first-order valence-electron chi connectivity index (χ1n) is 7.16. The number of aromatic nitrogens is 3. The summed E-state index contributed by atoms with van der Waals surface area (Å²) in [6.45, 7) is 4.72. The molecule has 0 aliphatic heterocycles. The topological polar surface area (TPSA) is 88.8 Å². The van der Waals surface area contributed by atoms with E-state index in [2.05, 4.69) is 25.6 Å². The van der Waals surface area contributed by atoms with Crippen LogP contribution < -0.4 is 16.4 Å². The molecule has 112 valence electrons. The molecular formula is C16H18N6. The Morgan fingerprint density at radius 2 is 1.91 bits per heavy atom. The van der Waals surface area contributed by atoms with Crippen LogP contribution in [0.1, 0.15) is 12.6 Å². The normalized spacial score (nSPS) is 10.6. The van der Waals surface area contributed by atoms with E-state index in [4.69, 9.17) is 5.73 Å². The molecule has 2 heterocycles. The Morgan fingerprint density at radius 1 is 1.09 bits per heavy atom. The van der Waals surface area contributed by atoms with Crippen LogP contribution in [0.3, 0.4) is 0 Å². The molecule has 6 nitrogen and oxygen atoms in total. The summed E-state index contributed by atoms with van der Waals surface area (Å²) < 4.78 is 0. The molecule has 0 aliphatic rings. The van der Waals surface area contributed by atoms with Crippen molar-refractivity contribution >= 4 is 33.9 Å². The second kappa shape index (κ2) is 5.85. The van der Waals surface area contributed by atoms with Crippen molar-refractivity contribution in [2.75, 3.05) is 22.9 Å². The smallest absolute Gasteiger partial charge is 0.159 e. The molecule has 0 fully saturated rings. The standard InChI is InChI=1S/C16H18N6/c1-3-18-15-14(17)16(20-9-19-15)22-13-6-4-5-12-11(13)8-7-10(2)21-12/h4-9H,3,17H2,1-2H3,(H2,18,19,20,22). The fourth-order valence-corrected chi connectivity index (χ4v) is 2.30.